The normalized spacial score (nSPS) is 13.2. The van der Waals surface area contributed by atoms with Gasteiger partial charge in [-0.25, -0.2) is 23.9 Å². The van der Waals surface area contributed by atoms with Gasteiger partial charge in [-0.05, 0) is 61.9 Å². The van der Waals surface area contributed by atoms with E-state index in [1.165, 1.54) is 17.5 Å². The van der Waals surface area contributed by atoms with E-state index in [1.54, 1.807) is 19.2 Å². The number of anilines is 5. The molecule has 0 atom stereocenters. The summed E-state index contributed by atoms with van der Waals surface area (Å²) in [7, 11) is -2.01. The number of aryl methyl sites for hydroxylation is 1. The number of hydrogen-bond donors (Lipinski definition) is 3. The number of rotatable bonds is 10. The quantitative estimate of drug-likeness (QED) is 0.346. The zero-order valence-electron chi connectivity index (χ0n) is 20.7. The molecule has 1 aliphatic rings. The summed E-state index contributed by atoms with van der Waals surface area (Å²) < 4.78 is 26.0. The third kappa shape index (κ3) is 6.10. The average molecular weight is 511 g/mol. The van der Waals surface area contributed by atoms with Gasteiger partial charge in [0.15, 0.2) is 0 Å². The Balaban J connectivity index is 1.73. The fourth-order valence-corrected chi connectivity index (χ4v) is 4.09. The molecule has 0 spiro atoms. The highest BCUT2D eigenvalue weighted by Crippen LogP contribution is 2.43. The molecule has 0 radical (unpaired) electrons. The van der Waals surface area contributed by atoms with Crippen molar-refractivity contribution in [3.63, 3.8) is 0 Å². The molecule has 4 rings (SSSR count). The number of pyridine rings is 2. The molecule has 36 heavy (non-hydrogen) atoms. The van der Waals surface area contributed by atoms with Gasteiger partial charge < -0.3 is 10.6 Å². The maximum Gasteiger partial charge on any atom is 0.278 e. The second-order valence-electron chi connectivity index (χ2n) is 8.73. The Morgan fingerprint density at radius 1 is 1.06 bits per heavy atom. The third-order valence-corrected chi connectivity index (χ3v) is 6.99. The number of hydrogen-bond acceptors (Lipinski definition) is 8. The van der Waals surface area contributed by atoms with E-state index in [4.69, 9.17) is 4.84 Å². The standard InChI is InChI=1S/C25H30N6O4S/c1-5-35-30-25(32)19-15-27-24(29-23-11-6-16(2)14-26-23)13-21(19)28-20-10-9-18(17-7-8-17)12-22(20)31(3)36(4,33)34/h6,9-15,17H,5,7-8H2,1-4H3,(H,30,32)(H2,26,27,28,29). The van der Waals surface area contributed by atoms with E-state index in [9.17, 15) is 13.2 Å². The van der Waals surface area contributed by atoms with Crippen molar-refractivity contribution < 1.29 is 18.0 Å². The van der Waals surface area contributed by atoms with Crippen LogP contribution in [-0.4, -0.2) is 44.2 Å². The first-order chi connectivity index (χ1) is 17.2. The van der Waals surface area contributed by atoms with Gasteiger partial charge in [0, 0.05) is 25.5 Å². The molecule has 0 saturated heterocycles. The zero-order chi connectivity index (χ0) is 25.9. The predicted octanol–water partition coefficient (Wildman–Crippen LogP) is 4.23. The van der Waals surface area contributed by atoms with Gasteiger partial charge in [0.25, 0.3) is 5.91 Å². The van der Waals surface area contributed by atoms with Gasteiger partial charge >= 0.3 is 0 Å². The number of carbonyl (C=O) groups excluding carboxylic acids is 1. The molecule has 1 saturated carbocycles. The molecule has 0 aliphatic heterocycles. The van der Waals surface area contributed by atoms with E-state index in [0.29, 0.717) is 41.2 Å². The second-order valence-corrected chi connectivity index (χ2v) is 10.7. The largest absolute Gasteiger partial charge is 0.353 e. The molecule has 1 aliphatic carbocycles. The highest BCUT2D eigenvalue weighted by atomic mass is 32.2. The number of sulfonamides is 1. The number of nitrogens with one attached hydrogen (secondary N) is 3. The molecule has 0 bridgehead atoms. The Labute approximate surface area is 211 Å². The minimum absolute atomic E-state index is 0.227. The van der Waals surface area contributed by atoms with Crippen LogP contribution in [0.15, 0.2) is 48.8 Å². The van der Waals surface area contributed by atoms with Crippen molar-refractivity contribution in [2.45, 2.75) is 32.6 Å². The van der Waals surface area contributed by atoms with Gasteiger partial charge in [0.2, 0.25) is 10.0 Å². The van der Waals surface area contributed by atoms with Gasteiger partial charge in [-0.15, -0.1) is 0 Å². The van der Waals surface area contributed by atoms with Crippen molar-refractivity contribution in [3.05, 3.63) is 65.5 Å². The van der Waals surface area contributed by atoms with Gasteiger partial charge in [0.1, 0.15) is 11.6 Å². The lowest BCUT2D eigenvalue weighted by atomic mass is 10.1. The van der Waals surface area contributed by atoms with E-state index in [0.717, 1.165) is 30.2 Å². The summed E-state index contributed by atoms with van der Waals surface area (Å²) in [5.74, 6) is 1.00. The lowest BCUT2D eigenvalue weighted by Gasteiger charge is -2.23. The van der Waals surface area contributed by atoms with Crippen LogP contribution in [-0.2, 0) is 14.9 Å². The summed E-state index contributed by atoms with van der Waals surface area (Å²) >= 11 is 0. The first kappa shape index (κ1) is 25.4. The minimum atomic E-state index is -3.52. The highest BCUT2D eigenvalue weighted by Gasteiger charge is 2.26. The van der Waals surface area contributed by atoms with E-state index >= 15 is 0 Å². The molecule has 2 heterocycles. The molecule has 190 valence electrons. The SMILES string of the molecule is CCONC(=O)c1cnc(Nc2ccc(C)cn2)cc1Nc1ccc(C2CC2)cc1N(C)S(C)(=O)=O. The van der Waals surface area contributed by atoms with Crippen molar-refractivity contribution in [2.75, 3.05) is 34.8 Å². The third-order valence-electron chi connectivity index (χ3n) is 5.80. The molecule has 10 nitrogen and oxygen atoms in total. The average Bonchev–Trinajstić information content (AvgIpc) is 3.69. The fourth-order valence-electron chi connectivity index (χ4n) is 3.58. The smallest absolute Gasteiger partial charge is 0.278 e. The topological polar surface area (TPSA) is 126 Å². The Morgan fingerprint density at radius 3 is 2.44 bits per heavy atom. The summed E-state index contributed by atoms with van der Waals surface area (Å²) in [6.07, 6.45) is 6.49. The van der Waals surface area contributed by atoms with Crippen LogP contribution in [0.5, 0.6) is 0 Å². The Morgan fingerprint density at radius 2 is 1.81 bits per heavy atom. The van der Waals surface area contributed by atoms with Crippen LogP contribution >= 0.6 is 0 Å². The fraction of sp³-hybridized carbons (Fsp3) is 0.320. The molecule has 11 heteroatoms. The van der Waals surface area contributed by atoms with Crippen molar-refractivity contribution in [2.24, 2.45) is 0 Å². The molecular weight excluding hydrogens is 480 g/mol. The Kier molecular flexibility index (Phi) is 7.41. The van der Waals surface area contributed by atoms with Crippen molar-refractivity contribution >= 4 is 44.6 Å². The summed E-state index contributed by atoms with van der Waals surface area (Å²) in [6, 6.07) is 11.1. The number of carbonyl (C=O) groups is 1. The summed E-state index contributed by atoms with van der Waals surface area (Å²) in [6.45, 7) is 4.00. The van der Waals surface area contributed by atoms with Crippen LogP contribution in [0.1, 0.15) is 47.2 Å². The van der Waals surface area contributed by atoms with Crippen molar-refractivity contribution in [1.29, 1.82) is 0 Å². The van der Waals surface area contributed by atoms with E-state index < -0.39 is 15.9 Å². The molecule has 0 unspecified atom stereocenters. The first-order valence-corrected chi connectivity index (χ1v) is 13.5. The van der Waals surface area contributed by atoms with Gasteiger partial charge in [0.05, 0.1) is 35.5 Å². The lowest BCUT2D eigenvalue weighted by Crippen LogP contribution is -2.26. The zero-order valence-corrected chi connectivity index (χ0v) is 21.5. The summed E-state index contributed by atoms with van der Waals surface area (Å²) in [4.78, 5) is 26.6. The van der Waals surface area contributed by atoms with E-state index in [2.05, 4.69) is 26.1 Å². The van der Waals surface area contributed by atoms with Crippen LogP contribution in [0, 0.1) is 6.92 Å². The minimum Gasteiger partial charge on any atom is -0.353 e. The first-order valence-electron chi connectivity index (χ1n) is 11.6. The molecule has 1 amide bonds. The summed E-state index contributed by atoms with van der Waals surface area (Å²) in [5.41, 5.74) is 6.16. The predicted molar refractivity (Wildman–Crippen MR) is 141 cm³/mol. The van der Waals surface area contributed by atoms with Crippen LogP contribution in [0.25, 0.3) is 0 Å². The van der Waals surface area contributed by atoms with Crippen molar-refractivity contribution in [3.8, 4) is 0 Å². The number of aromatic nitrogens is 2. The number of benzene rings is 1. The molecular formula is C25H30N6O4S. The van der Waals surface area contributed by atoms with Crippen molar-refractivity contribution in [1.82, 2.24) is 15.4 Å². The lowest BCUT2D eigenvalue weighted by molar-refractivity contribution is 0.0365. The number of nitrogens with zero attached hydrogens (tertiary/aromatic N) is 3. The molecule has 1 aromatic carbocycles. The van der Waals surface area contributed by atoms with Crippen LogP contribution < -0.4 is 20.4 Å². The second kappa shape index (κ2) is 10.5. The van der Waals surface area contributed by atoms with Gasteiger partial charge in [-0.1, -0.05) is 12.1 Å². The van der Waals surface area contributed by atoms with Gasteiger partial charge in [-0.2, -0.15) is 0 Å². The maximum atomic E-state index is 12.8. The van der Waals surface area contributed by atoms with Crippen LogP contribution in [0.2, 0.25) is 0 Å². The van der Waals surface area contributed by atoms with Gasteiger partial charge in [-0.3, -0.25) is 13.9 Å². The molecule has 3 N–H and O–H groups in total. The van der Waals surface area contributed by atoms with Crippen LogP contribution in [0.3, 0.4) is 0 Å². The molecule has 1 fully saturated rings. The highest BCUT2D eigenvalue weighted by molar-refractivity contribution is 7.92. The molecule has 3 aromatic rings. The number of amides is 1. The maximum absolute atomic E-state index is 12.8. The number of hydroxylamine groups is 1. The van der Waals surface area contributed by atoms with E-state index in [-0.39, 0.29) is 5.56 Å². The summed E-state index contributed by atoms with van der Waals surface area (Å²) in [5, 5.41) is 6.38. The monoisotopic (exact) mass is 510 g/mol. The van der Waals surface area contributed by atoms with E-state index in [1.807, 2.05) is 37.3 Å². The molecule has 2 aromatic heterocycles. The Bertz CT molecular complexity index is 1360. The Hall–Kier alpha value is -3.70. The van der Waals surface area contributed by atoms with Crippen LogP contribution in [0.4, 0.5) is 28.7 Å².